The van der Waals surface area contributed by atoms with E-state index in [1.807, 2.05) is 0 Å². The van der Waals surface area contributed by atoms with Gasteiger partial charge >= 0.3 is 5.97 Å². The summed E-state index contributed by atoms with van der Waals surface area (Å²) in [7, 11) is -3.56. The van der Waals surface area contributed by atoms with Crippen LogP contribution in [0.4, 0.5) is 5.69 Å². The maximum absolute atomic E-state index is 12.1. The van der Waals surface area contributed by atoms with Crippen LogP contribution in [0, 0.1) is 13.8 Å². The Morgan fingerprint density at radius 1 is 1.43 bits per heavy atom. The number of carbonyl (C=O) groups is 1. The number of ether oxygens (including phenoxy) is 1. The minimum Gasteiger partial charge on any atom is -0.478 e. The van der Waals surface area contributed by atoms with Gasteiger partial charge in [-0.25, -0.2) is 13.2 Å². The van der Waals surface area contributed by atoms with E-state index in [1.165, 1.54) is 6.07 Å². The van der Waals surface area contributed by atoms with Crippen LogP contribution in [0.25, 0.3) is 0 Å². The summed E-state index contributed by atoms with van der Waals surface area (Å²) in [6.45, 7) is 4.04. The molecule has 2 N–H and O–H groups in total. The van der Waals surface area contributed by atoms with Crippen LogP contribution in [-0.2, 0) is 14.8 Å². The normalized spacial score (nSPS) is 18.7. The zero-order valence-corrected chi connectivity index (χ0v) is 12.9. The van der Waals surface area contributed by atoms with Gasteiger partial charge in [0.15, 0.2) is 0 Å². The number of aryl methyl sites for hydroxylation is 1. The lowest BCUT2D eigenvalue weighted by Crippen LogP contribution is -2.25. The Balaban J connectivity index is 2.20. The van der Waals surface area contributed by atoms with Crippen molar-refractivity contribution in [2.75, 3.05) is 17.1 Å². The van der Waals surface area contributed by atoms with Crippen molar-refractivity contribution in [3.63, 3.8) is 0 Å². The smallest absolute Gasteiger partial charge is 0.336 e. The Bertz CT molecular complexity index is 648. The van der Waals surface area contributed by atoms with Crippen molar-refractivity contribution in [1.82, 2.24) is 0 Å². The molecule has 0 bridgehead atoms. The summed E-state index contributed by atoms with van der Waals surface area (Å²) in [5.74, 6) is -1.18. The third-order valence-electron chi connectivity index (χ3n) is 3.60. The first-order valence-corrected chi connectivity index (χ1v) is 8.40. The fourth-order valence-corrected chi connectivity index (χ4v) is 3.69. The predicted molar refractivity (Wildman–Crippen MR) is 79.3 cm³/mol. The highest BCUT2D eigenvalue weighted by Crippen LogP contribution is 2.22. The Hall–Kier alpha value is -1.60. The molecule has 0 aromatic heterocycles. The van der Waals surface area contributed by atoms with Gasteiger partial charge in [0.1, 0.15) is 0 Å². The van der Waals surface area contributed by atoms with Crippen LogP contribution < -0.4 is 4.72 Å². The van der Waals surface area contributed by atoms with Crippen LogP contribution >= 0.6 is 0 Å². The summed E-state index contributed by atoms with van der Waals surface area (Å²) in [5.41, 5.74) is 1.73. The highest BCUT2D eigenvalue weighted by Gasteiger charge is 2.23. The third kappa shape index (κ3) is 3.95. The summed E-state index contributed by atoms with van der Waals surface area (Å²) in [6.07, 6.45) is 1.31. The van der Waals surface area contributed by atoms with Crippen molar-refractivity contribution in [2.24, 2.45) is 0 Å². The highest BCUT2D eigenvalue weighted by atomic mass is 32.2. The lowest BCUT2D eigenvalue weighted by atomic mass is 10.0. The van der Waals surface area contributed by atoms with Crippen LogP contribution in [0.5, 0.6) is 0 Å². The standard InChI is InChI=1S/C14H19NO5S/c1-9-6-11(7-13(10(9)2)14(16)17)15-21(18,19)8-12-4-3-5-20-12/h6-7,12,15H,3-5,8H2,1-2H3,(H,16,17). The number of hydrogen-bond acceptors (Lipinski definition) is 4. The molecule has 7 heteroatoms. The van der Waals surface area contributed by atoms with E-state index in [2.05, 4.69) is 4.72 Å². The van der Waals surface area contributed by atoms with E-state index in [1.54, 1.807) is 19.9 Å². The molecule has 116 valence electrons. The largest absolute Gasteiger partial charge is 0.478 e. The Labute approximate surface area is 124 Å². The highest BCUT2D eigenvalue weighted by molar-refractivity contribution is 7.92. The fraction of sp³-hybridized carbons (Fsp3) is 0.500. The van der Waals surface area contributed by atoms with Gasteiger partial charge in [0.2, 0.25) is 10.0 Å². The molecule has 0 radical (unpaired) electrons. The van der Waals surface area contributed by atoms with Crippen molar-refractivity contribution >= 4 is 21.7 Å². The lowest BCUT2D eigenvalue weighted by molar-refractivity contribution is 0.0696. The molecule has 1 atom stereocenters. The zero-order valence-electron chi connectivity index (χ0n) is 12.0. The van der Waals surface area contributed by atoms with Crippen molar-refractivity contribution in [2.45, 2.75) is 32.8 Å². The van der Waals surface area contributed by atoms with Gasteiger partial charge in [-0.1, -0.05) is 0 Å². The molecule has 1 heterocycles. The van der Waals surface area contributed by atoms with E-state index in [0.29, 0.717) is 12.2 Å². The van der Waals surface area contributed by atoms with Crippen LogP contribution in [0.2, 0.25) is 0 Å². The molecule has 2 rings (SSSR count). The number of aromatic carboxylic acids is 1. The summed E-state index contributed by atoms with van der Waals surface area (Å²) in [4.78, 5) is 11.2. The molecule has 0 spiro atoms. The van der Waals surface area contributed by atoms with E-state index in [-0.39, 0.29) is 23.1 Å². The number of carboxylic acids is 1. The van der Waals surface area contributed by atoms with Gasteiger partial charge in [-0.15, -0.1) is 0 Å². The predicted octanol–water partition coefficient (Wildman–Crippen LogP) is 1.92. The molecule has 21 heavy (non-hydrogen) atoms. The van der Waals surface area contributed by atoms with Crippen LogP contribution in [0.1, 0.15) is 34.3 Å². The Morgan fingerprint density at radius 2 is 2.14 bits per heavy atom. The van der Waals surface area contributed by atoms with Gasteiger partial charge in [-0.2, -0.15) is 0 Å². The average Bonchev–Trinajstić information content (AvgIpc) is 2.84. The third-order valence-corrected chi connectivity index (χ3v) is 4.96. The van der Waals surface area contributed by atoms with Crippen molar-refractivity contribution in [1.29, 1.82) is 0 Å². The number of carboxylic acid groups (broad SMARTS) is 1. The van der Waals surface area contributed by atoms with E-state index in [9.17, 15) is 13.2 Å². The molecule has 0 saturated carbocycles. The number of rotatable bonds is 5. The number of sulfonamides is 1. The van der Waals surface area contributed by atoms with E-state index in [4.69, 9.17) is 9.84 Å². The van der Waals surface area contributed by atoms with Crippen molar-refractivity contribution in [3.05, 3.63) is 28.8 Å². The molecular weight excluding hydrogens is 294 g/mol. The second-order valence-electron chi connectivity index (χ2n) is 5.29. The minimum absolute atomic E-state index is 0.102. The molecular formula is C14H19NO5S. The van der Waals surface area contributed by atoms with E-state index >= 15 is 0 Å². The molecule has 0 amide bonds. The molecule has 1 fully saturated rings. The Kier molecular flexibility index (Phi) is 4.53. The summed E-state index contributed by atoms with van der Waals surface area (Å²) < 4.78 is 31.9. The molecule has 0 aliphatic carbocycles. The van der Waals surface area contributed by atoms with Gasteiger partial charge < -0.3 is 9.84 Å². The first kappa shape index (κ1) is 15.8. The number of nitrogens with one attached hydrogen (secondary N) is 1. The van der Waals surface area contributed by atoms with Crippen LogP contribution in [0.15, 0.2) is 12.1 Å². The SMILES string of the molecule is Cc1cc(NS(=O)(=O)CC2CCCO2)cc(C(=O)O)c1C. The summed E-state index contributed by atoms with van der Waals surface area (Å²) in [5, 5.41) is 9.15. The fourth-order valence-electron chi connectivity index (χ4n) is 2.38. The quantitative estimate of drug-likeness (QED) is 0.866. The molecule has 1 aliphatic heterocycles. The maximum atomic E-state index is 12.1. The van der Waals surface area contributed by atoms with Crippen LogP contribution in [0.3, 0.4) is 0 Å². The zero-order chi connectivity index (χ0) is 15.6. The van der Waals surface area contributed by atoms with Gasteiger partial charge in [0.25, 0.3) is 0 Å². The maximum Gasteiger partial charge on any atom is 0.336 e. The molecule has 1 aliphatic rings. The average molecular weight is 313 g/mol. The molecule has 1 unspecified atom stereocenters. The Morgan fingerprint density at radius 3 is 2.71 bits per heavy atom. The van der Waals surface area contributed by atoms with Crippen molar-refractivity contribution in [3.8, 4) is 0 Å². The minimum atomic E-state index is -3.56. The molecule has 1 aromatic carbocycles. The monoisotopic (exact) mass is 313 g/mol. The topological polar surface area (TPSA) is 92.7 Å². The second-order valence-corrected chi connectivity index (χ2v) is 7.06. The summed E-state index contributed by atoms with van der Waals surface area (Å²) >= 11 is 0. The lowest BCUT2D eigenvalue weighted by Gasteiger charge is -2.14. The number of hydrogen-bond donors (Lipinski definition) is 2. The second kappa shape index (κ2) is 6.03. The van der Waals surface area contributed by atoms with Gasteiger partial charge in [-0.05, 0) is 49.9 Å². The first-order valence-electron chi connectivity index (χ1n) is 6.75. The van der Waals surface area contributed by atoms with E-state index in [0.717, 1.165) is 18.4 Å². The first-order chi connectivity index (χ1) is 9.78. The van der Waals surface area contributed by atoms with E-state index < -0.39 is 16.0 Å². The van der Waals surface area contributed by atoms with Crippen molar-refractivity contribution < 1.29 is 23.1 Å². The molecule has 1 aromatic rings. The summed E-state index contributed by atoms with van der Waals surface area (Å²) in [6, 6.07) is 2.98. The molecule has 1 saturated heterocycles. The molecule has 6 nitrogen and oxygen atoms in total. The number of benzene rings is 1. The van der Waals surface area contributed by atoms with Gasteiger partial charge in [0, 0.05) is 12.3 Å². The van der Waals surface area contributed by atoms with Gasteiger partial charge in [-0.3, -0.25) is 4.72 Å². The number of anilines is 1. The van der Waals surface area contributed by atoms with Crippen LogP contribution in [-0.4, -0.2) is 38.0 Å². The van der Waals surface area contributed by atoms with Gasteiger partial charge in [0.05, 0.1) is 17.4 Å².